The zero-order valence-electron chi connectivity index (χ0n) is 20.4. The number of alkyl halides is 6. The predicted molar refractivity (Wildman–Crippen MR) is 136 cm³/mol. The van der Waals surface area contributed by atoms with Crippen molar-refractivity contribution in [3.63, 3.8) is 0 Å². The van der Waals surface area contributed by atoms with E-state index in [-0.39, 0.29) is 38.2 Å². The van der Waals surface area contributed by atoms with Crippen LogP contribution >= 0.6 is 23.4 Å². The van der Waals surface area contributed by atoms with Crippen LogP contribution in [0.5, 0.6) is 0 Å². The largest absolute Gasteiger partial charge is 0.439 e. The first-order valence-corrected chi connectivity index (χ1v) is 12.7. The molecule has 0 aliphatic carbocycles. The second kappa shape index (κ2) is 9.85. The summed E-state index contributed by atoms with van der Waals surface area (Å²) in [5.74, 6) is 0.0995. The fraction of sp³-hybridized carbons (Fsp3) is 0.304. The first kappa shape index (κ1) is 28.0. The Balaban J connectivity index is 1.46. The number of thioether (sulfide) groups is 1. The minimum absolute atomic E-state index is 0.0154. The van der Waals surface area contributed by atoms with Gasteiger partial charge in [-0.05, 0) is 31.2 Å². The highest BCUT2D eigenvalue weighted by atomic mass is 35.5. The number of rotatable bonds is 5. The molecule has 40 heavy (non-hydrogen) atoms. The van der Waals surface area contributed by atoms with E-state index in [1.165, 1.54) is 35.4 Å². The molecule has 0 radical (unpaired) electrons. The Hall–Kier alpha value is -3.50. The number of nitrogens with zero attached hydrogens (tertiary/aromatic N) is 8. The van der Waals surface area contributed by atoms with Crippen LogP contribution in [0.15, 0.2) is 48.1 Å². The topological polar surface area (TPSA) is 105 Å². The smallest absolute Gasteiger partial charge is 0.361 e. The van der Waals surface area contributed by atoms with Crippen LogP contribution < -0.4 is 4.90 Å². The Labute approximate surface area is 230 Å². The lowest BCUT2D eigenvalue weighted by Gasteiger charge is -2.26. The number of hydrogen-bond acceptors (Lipinski definition) is 9. The maximum atomic E-state index is 13.6. The van der Waals surface area contributed by atoms with Crippen molar-refractivity contribution in [2.24, 2.45) is 4.99 Å². The van der Waals surface area contributed by atoms with Crippen molar-refractivity contribution in [3.05, 3.63) is 65.1 Å². The van der Waals surface area contributed by atoms with E-state index in [4.69, 9.17) is 11.6 Å². The molecule has 1 N–H and O–H groups in total. The molecule has 4 aromatic rings. The highest BCUT2D eigenvalue weighted by Gasteiger charge is 2.56. The number of pyridine rings is 1. The normalized spacial score (nSPS) is 18.7. The summed E-state index contributed by atoms with van der Waals surface area (Å²) < 4.78 is 81.6. The fourth-order valence-corrected chi connectivity index (χ4v) is 5.31. The SMILES string of the molecule is CC(c1ncnn1-c1ccc(C2=NC(O)(C(F)(F)F)CS2)cn1)N(C)c1ncnc2c(C(F)(F)F)cc(Cl)cc12. The lowest BCUT2D eigenvalue weighted by atomic mass is 10.1. The lowest BCUT2D eigenvalue weighted by Crippen LogP contribution is -2.43. The van der Waals surface area contributed by atoms with Crippen molar-refractivity contribution < 1.29 is 31.4 Å². The molecule has 2 unspecified atom stereocenters. The van der Waals surface area contributed by atoms with Crippen molar-refractivity contribution in [1.29, 1.82) is 0 Å². The third kappa shape index (κ3) is 4.94. The van der Waals surface area contributed by atoms with Crippen molar-refractivity contribution >= 4 is 45.1 Å². The average molecular weight is 603 g/mol. The Kier molecular flexibility index (Phi) is 6.90. The number of benzene rings is 1. The minimum atomic E-state index is -4.92. The Morgan fingerprint density at radius 1 is 1.07 bits per heavy atom. The van der Waals surface area contributed by atoms with E-state index in [1.54, 1.807) is 18.9 Å². The van der Waals surface area contributed by atoms with Gasteiger partial charge in [-0.3, -0.25) is 0 Å². The second-order valence-corrected chi connectivity index (χ2v) is 10.2. The highest BCUT2D eigenvalue weighted by molar-refractivity contribution is 8.14. The van der Waals surface area contributed by atoms with Crippen LogP contribution in [-0.2, 0) is 6.18 Å². The molecule has 0 spiro atoms. The molecule has 0 amide bonds. The van der Waals surface area contributed by atoms with Gasteiger partial charge >= 0.3 is 12.4 Å². The zero-order valence-corrected chi connectivity index (χ0v) is 22.0. The van der Waals surface area contributed by atoms with E-state index < -0.39 is 35.4 Å². The van der Waals surface area contributed by atoms with Gasteiger partial charge in [0.05, 0.1) is 22.9 Å². The number of aliphatic imine (C=N–C) groups is 1. The molecule has 0 saturated carbocycles. The molecular weight excluding hydrogens is 586 g/mol. The van der Waals surface area contributed by atoms with Crippen molar-refractivity contribution in [2.75, 3.05) is 17.7 Å². The Bertz CT molecular complexity index is 1610. The number of fused-ring (bicyclic) bond motifs is 1. The van der Waals surface area contributed by atoms with Crippen molar-refractivity contribution in [2.45, 2.75) is 31.0 Å². The van der Waals surface area contributed by atoms with E-state index in [9.17, 15) is 31.4 Å². The molecular formula is C23H17ClF6N8OS. The summed E-state index contributed by atoms with van der Waals surface area (Å²) >= 11 is 6.75. The third-order valence-electron chi connectivity index (χ3n) is 6.21. The zero-order chi connectivity index (χ0) is 29.0. The summed E-state index contributed by atoms with van der Waals surface area (Å²) in [6, 6.07) is 4.51. The summed E-state index contributed by atoms with van der Waals surface area (Å²) in [4.78, 5) is 21.6. The summed E-state index contributed by atoms with van der Waals surface area (Å²) in [6.07, 6.45) is -6.03. The molecule has 210 valence electrons. The van der Waals surface area contributed by atoms with Crippen molar-refractivity contribution in [3.8, 4) is 5.82 Å². The highest BCUT2D eigenvalue weighted by Crippen LogP contribution is 2.41. The van der Waals surface area contributed by atoms with Crippen LogP contribution in [0.25, 0.3) is 16.7 Å². The summed E-state index contributed by atoms with van der Waals surface area (Å²) in [5.41, 5.74) is -4.21. The van der Waals surface area contributed by atoms with Crippen molar-refractivity contribution in [1.82, 2.24) is 29.7 Å². The predicted octanol–water partition coefficient (Wildman–Crippen LogP) is 5.22. The fourth-order valence-electron chi connectivity index (χ4n) is 4.02. The van der Waals surface area contributed by atoms with Gasteiger partial charge in [0.2, 0.25) is 0 Å². The molecule has 17 heteroatoms. The Morgan fingerprint density at radius 3 is 2.45 bits per heavy atom. The molecule has 3 aromatic heterocycles. The van der Waals surface area contributed by atoms with E-state index in [0.717, 1.165) is 24.2 Å². The summed E-state index contributed by atoms with van der Waals surface area (Å²) in [6.45, 7) is 1.72. The number of hydrogen-bond donors (Lipinski definition) is 1. The lowest BCUT2D eigenvalue weighted by molar-refractivity contribution is -0.245. The number of aromatic nitrogens is 6. The number of halogens is 7. The van der Waals surface area contributed by atoms with Gasteiger partial charge in [-0.25, -0.2) is 24.9 Å². The van der Waals surface area contributed by atoms with E-state index >= 15 is 0 Å². The first-order chi connectivity index (χ1) is 18.7. The number of aliphatic hydroxyl groups is 1. The van der Waals surface area contributed by atoms with Gasteiger partial charge in [0.1, 0.15) is 23.5 Å². The molecule has 9 nitrogen and oxygen atoms in total. The van der Waals surface area contributed by atoms with Gasteiger partial charge in [0.25, 0.3) is 5.72 Å². The third-order valence-corrected chi connectivity index (χ3v) is 7.58. The van der Waals surface area contributed by atoms with Gasteiger partial charge in [0, 0.05) is 29.2 Å². The van der Waals surface area contributed by atoms with Crippen LogP contribution in [0.1, 0.15) is 29.9 Å². The molecule has 5 rings (SSSR count). The van der Waals surface area contributed by atoms with Gasteiger partial charge in [-0.15, -0.1) is 11.8 Å². The van der Waals surface area contributed by atoms with Crippen LogP contribution in [0, 0.1) is 0 Å². The molecule has 1 aromatic carbocycles. The first-order valence-electron chi connectivity index (χ1n) is 11.3. The molecule has 0 saturated heterocycles. The van der Waals surface area contributed by atoms with Crippen LogP contribution in [0.2, 0.25) is 5.02 Å². The summed E-state index contributed by atoms with van der Waals surface area (Å²) in [5, 5.41) is 13.9. The van der Waals surface area contributed by atoms with Gasteiger partial charge in [-0.1, -0.05) is 11.6 Å². The van der Waals surface area contributed by atoms with Gasteiger partial charge in [-0.2, -0.15) is 36.1 Å². The van der Waals surface area contributed by atoms with E-state index in [2.05, 4.69) is 30.0 Å². The van der Waals surface area contributed by atoms with Crippen LogP contribution in [-0.4, -0.2) is 64.6 Å². The quantitative estimate of drug-likeness (QED) is 0.310. The molecule has 4 heterocycles. The maximum Gasteiger partial charge on any atom is 0.439 e. The van der Waals surface area contributed by atoms with Gasteiger partial charge in [0.15, 0.2) is 11.6 Å². The Morgan fingerprint density at radius 2 is 1.82 bits per heavy atom. The molecule has 0 fully saturated rings. The maximum absolute atomic E-state index is 13.6. The molecule has 2 atom stereocenters. The van der Waals surface area contributed by atoms with Gasteiger partial charge < -0.3 is 10.0 Å². The minimum Gasteiger partial charge on any atom is -0.361 e. The molecule has 1 aliphatic rings. The molecule has 1 aliphatic heterocycles. The average Bonchev–Trinajstić information content (AvgIpc) is 3.54. The second-order valence-electron chi connectivity index (χ2n) is 8.79. The number of anilines is 1. The monoisotopic (exact) mass is 602 g/mol. The van der Waals surface area contributed by atoms with Crippen LogP contribution in [0.4, 0.5) is 32.2 Å². The molecule has 0 bridgehead atoms. The summed E-state index contributed by atoms with van der Waals surface area (Å²) in [7, 11) is 1.60. The van der Waals surface area contributed by atoms with Crippen LogP contribution in [0.3, 0.4) is 0 Å². The van der Waals surface area contributed by atoms with E-state index in [1.807, 2.05) is 0 Å². The standard InChI is InChI=1S/C23H17ClF6N8OS/c1-11(37(2)19-14-5-13(24)6-15(22(25,26)27)17(14)32-9-33-19)18-34-10-35-38(18)16-4-3-12(7-31-16)20-36-21(39,8-40-20)23(28,29)30/h3-7,9-11,39H,8H2,1-2H3. The van der Waals surface area contributed by atoms with E-state index in [0.29, 0.717) is 5.82 Å².